The SMILES string of the molecule is CCC(C)C(NC(=O)C(Cc1ccc(O)cc1)NC(=O)C(C)N)C(=O)NC(CC(C)C)C(=O)O. The van der Waals surface area contributed by atoms with Gasteiger partial charge in [-0.1, -0.05) is 46.2 Å². The topological polar surface area (TPSA) is 171 Å². The third-order valence-corrected chi connectivity index (χ3v) is 5.54. The highest BCUT2D eigenvalue weighted by atomic mass is 16.4. The first-order chi connectivity index (χ1) is 15.8. The van der Waals surface area contributed by atoms with Crippen LogP contribution in [-0.2, 0) is 25.6 Å². The van der Waals surface area contributed by atoms with Gasteiger partial charge in [-0.2, -0.15) is 0 Å². The van der Waals surface area contributed by atoms with Crippen LogP contribution in [0.15, 0.2) is 24.3 Å². The van der Waals surface area contributed by atoms with Crippen molar-refractivity contribution in [3.8, 4) is 5.75 Å². The van der Waals surface area contributed by atoms with Gasteiger partial charge >= 0.3 is 5.97 Å². The molecule has 34 heavy (non-hydrogen) atoms. The number of phenols is 1. The second kappa shape index (κ2) is 13.5. The maximum Gasteiger partial charge on any atom is 0.326 e. The molecule has 0 aliphatic rings. The molecule has 0 aliphatic heterocycles. The first kappa shape index (κ1) is 28.9. The maximum atomic E-state index is 13.2. The van der Waals surface area contributed by atoms with E-state index in [4.69, 9.17) is 5.73 Å². The summed E-state index contributed by atoms with van der Waals surface area (Å²) in [7, 11) is 0. The van der Waals surface area contributed by atoms with Gasteiger partial charge in [-0.25, -0.2) is 4.79 Å². The van der Waals surface area contributed by atoms with Gasteiger partial charge in [-0.05, 0) is 42.9 Å². The summed E-state index contributed by atoms with van der Waals surface area (Å²) in [5.74, 6) is -3.07. The molecule has 10 heteroatoms. The van der Waals surface area contributed by atoms with E-state index >= 15 is 0 Å². The van der Waals surface area contributed by atoms with Gasteiger partial charge < -0.3 is 31.9 Å². The number of amides is 3. The third-order valence-electron chi connectivity index (χ3n) is 5.54. The molecule has 190 valence electrons. The molecular weight excluding hydrogens is 440 g/mol. The third kappa shape index (κ3) is 9.38. The molecule has 0 saturated heterocycles. The molecule has 0 heterocycles. The van der Waals surface area contributed by atoms with Gasteiger partial charge in [0.2, 0.25) is 17.7 Å². The average molecular weight is 479 g/mol. The van der Waals surface area contributed by atoms with Crippen LogP contribution in [0, 0.1) is 11.8 Å². The first-order valence-electron chi connectivity index (χ1n) is 11.5. The smallest absolute Gasteiger partial charge is 0.326 e. The van der Waals surface area contributed by atoms with E-state index in [0.717, 1.165) is 0 Å². The second-order valence-corrected chi connectivity index (χ2v) is 9.12. The molecule has 1 rings (SSSR count). The number of benzene rings is 1. The first-order valence-corrected chi connectivity index (χ1v) is 11.5. The minimum absolute atomic E-state index is 0.0428. The molecule has 3 amide bonds. The number of nitrogens with two attached hydrogens (primary N) is 1. The number of hydrogen-bond acceptors (Lipinski definition) is 6. The molecule has 0 radical (unpaired) electrons. The summed E-state index contributed by atoms with van der Waals surface area (Å²) in [5, 5.41) is 26.8. The Kier molecular flexibility index (Phi) is 11.5. The number of carbonyl (C=O) groups is 4. The van der Waals surface area contributed by atoms with Crippen LogP contribution < -0.4 is 21.7 Å². The fraction of sp³-hybridized carbons (Fsp3) is 0.583. The molecule has 0 aliphatic carbocycles. The number of carboxylic acid groups (broad SMARTS) is 1. The zero-order valence-electron chi connectivity index (χ0n) is 20.5. The monoisotopic (exact) mass is 478 g/mol. The predicted octanol–water partition coefficient (Wildman–Crippen LogP) is 0.913. The van der Waals surface area contributed by atoms with Gasteiger partial charge in [0.15, 0.2) is 0 Å². The van der Waals surface area contributed by atoms with Gasteiger partial charge in [-0.3, -0.25) is 14.4 Å². The standard InChI is InChI=1S/C24H38N4O6/c1-6-14(4)20(23(32)27-19(24(33)34)11-13(2)3)28-22(31)18(26-21(30)15(5)25)12-16-7-9-17(29)10-8-16/h7-10,13-15,18-20,29H,6,11-12,25H2,1-5H3,(H,26,30)(H,27,32)(H,28,31)(H,33,34). The number of carboxylic acids is 1. The molecule has 5 atom stereocenters. The molecule has 10 nitrogen and oxygen atoms in total. The van der Waals surface area contributed by atoms with Gasteiger partial charge in [0.25, 0.3) is 0 Å². The quantitative estimate of drug-likeness (QED) is 0.245. The Balaban J connectivity index is 3.11. The normalized spacial score (nSPS) is 15.5. The Bertz CT molecular complexity index is 840. The van der Waals surface area contributed by atoms with Crippen LogP contribution in [0.4, 0.5) is 0 Å². The van der Waals surface area contributed by atoms with E-state index in [9.17, 15) is 29.4 Å². The molecule has 0 aromatic heterocycles. The highest BCUT2D eigenvalue weighted by Gasteiger charge is 2.32. The number of aliphatic carboxylic acids is 1. The van der Waals surface area contributed by atoms with Crippen molar-refractivity contribution in [1.82, 2.24) is 16.0 Å². The molecule has 1 aromatic rings. The van der Waals surface area contributed by atoms with Crippen molar-refractivity contribution in [3.05, 3.63) is 29.8 Å². The number of aromatic hydroxyl groups is 1. The highest BCUT2D eigenvalue weighted by Crippen LogP contribution is 2.14. The van der Waals surface area contributed by atoms with Crippen LogP contribution in [0.2, 0.25) is 0 Å². The molecule has 7 N–H and O–H groups in total. The average Bonchev–Trinajstić information content (AvgIpc) is 2.76. The van der Waals surface area contributed by atoms with Crippen LogP contribution in [0.5, 0.6) is 5.75 Å². The molecule has 0 fully saturated rings. The molecule has 0 saturated carbocycles. The van der Waals surface area contributed by atoms with Crippen LogP contribution in [-0.4, -0.2) is 58.1 Å². The number of hydrogen-bond donors (Lipinski definition) is 6. The summed E-state index contributed by atoms with van der Waals surface area (Å²) < 4.78 is 0. The Morgan fingerprint density at radius 3 is 1.91 bits per heavy atom. The molecule has 0 spiro atoms. The van der Waals surface area contributed by atoms with Gasteiger partial charge in [0.1, 0.15) is 23.9 Å². The molecule has 5 unspecified atom stereocenters. The molecular formula is C24H38N4O6. The van der Waals surface area contributed by atoms with Gasteiger partial charge in [-0.15, -0.1) is 0 Å². The Labute approximate surface area is 200 Å². The summed E-state index contributed by atoms with van der Waals surface area (Å²) >= 11 is 0. The number of carbonyl (C=O) groups excluding carboxylic acids is 3. The maximum absolute atomic E-state index is 13.2. The van der Waals surface area contributed by atoms with E-state index in [2.05, 4.69) is 16.0 Å². The van der Waals surface area contributed by atoms with Crippen molar-refractivity contribution in [2.45, 2.75) is 78.0 Å². The Hall–Kier alpha value is -3.14. The summed E-state index contributed by atoms with van der Waals surface area (Å²) in [4.78, 5) is 50.0. The summed E-state index contributed by atoms with van der Waals surface area (Å²) in [5.41, 5.74) is 6.32. The number of rotatable bonds is 13. The minimum atomic E-state index is -1.15. The summed E-state index contributed by atoms with van der Waals surface area (Å²) in [6, 6.07) is 2.21. The van der Waals surface area contributed by atoms with E-state index in [1.54, 1.807) is 19.1 Å². The van der Waals surface area contributed by atoms with Crippen molar-refractivity contribution in [2.24, 2.45) is 17.6 Å². The van der Waals surface area contributed by atoms with E-state index in [1.165, 1.54) is 19.1 Å². The van der Waals surface area contributed by atoms with Crippen LogP contribution >= 0.6 is 0 Å². The lowest BCUT2D eigenvalue weighted by Gasteiger charge is -2.28. The van der Waals surface area contributed by atoms with Crippen molar-refractivity contribution in [1.29, 1.82) is 0 Å². The zero-order valence-corrected chi connectivity index (χ0v) is 20.5. The molecule has 1 aromatic carbocycles. The number of nitrogens with one attached hydrogen (secondary N) is 3. The van der Waals surface area contributed by atoms with Crippen molar-refractivity contribution >= 4 is 23.7 Å². The van der Waals surface area contributed by atoms with Crippen LogP contribution in [0.25, 0.3) is 0 Å². The van der Waals surface area contributed by atoms with Crippen LogP contribution in [0.3, 0.4) is 0 Å². The van der Waals surface area contributed by atoms with E-state index in [-0.39, 0.29) is 30.4 Å². The van der Waals surface area contributed by atoms with Crippen molar-refractivity contribution in [2.75, 3.05) is 0 Å². The van der Waals surface area contributed by atoms with Crippen LogP contribution in [0.1, 0.15) is 53.0 Å². The van der Waals surface area contributed by atoms with Gasteiger partial charge in [0.05, 0.1) is 6.04 Å². The number of phenolic OH excluding ortho intramolecular Hbond substituents is 1. The fourth-order valence-electron chi connectivity index (χ4n) is 3.29. The molecule has 0 bridgehead atoms. The fourth-order valence-corrected chi connectivity index (χ4v) is 3.29. The van der Waals surface area contributed by atoms with Crippen molar-refractivity contribution < 1.29 is 29.4 Å². The Morgan fingerprint density at radius 1 is 0.882 bits per heavy atom. The minimum Gasteiger partial charge on any atom is -0.508 e. The summed E-state index contributed by atoms with van der Waals surface area (Å²) in [6.45, 7) is 8.82. The van der Waals surface area contributed by atoms with E-state index < -0.39 is 47.9 Å². The summed E-state index contributed by atoms with van der Waals surface area (Å²) in [6.07, 6.45) is 0.899. The zero-order chi connectivity index (χ0) is 26.0. The van der Waals surface area contributed by atoms with E-state index in [0.29, 0.717) is 12.0 Å². The van der Waals surface area contributed by atoms with Gasteiger partial charge in [0, 0.05) is 6.42 Å². The Morgan fingerprint density at radius 2 is 1.44 bits per heavy atom. The predicted molar refractivity (Wildman–Crippen MR) is 128 cm³/mol. The lowest BCUT2D eigenvalue weighted by molar-refractivity contribution is -0.143. The largest absolute Gasteiger partial charge is 0.508 e. The van der Waals surface area contributed by atoms with E-state index in [1.807, 2.05) is 20.8 Å². The highest BCUT2D eigenvalue weighted by molar-refractivity contribution is 5.94. The van der Waals surface area contributed by atoms with Crippen molar-refractivity contribution in [3.63, 3.8) is 0 Å². The lowest BCUT2D eigenvalue weighted by atomic mass is 9.96. The lowest BCUT2D eigenvalue weighted by Crippen LogP contribution is -2.59. The second-order valence-electron chi connectivity index (χ2n) is 9.12.